The van der Waals surface area contributed by atoms with Crippen LogP contribution in [0.1, 0.15) is 214 Å². The highest BCUT2D eigenvalue weighted by molar-refractivity contribution is 6.37. The van der Waals surface area contributed by atoms with E-state index in [4.69, 9.17) is 0 Å². The van der Waals surface area contributed by atoms with Crippen molar-refractivity contribution in [2.24, 2.45) is 0 Å². The molecular weight excluding hydrogens is 1040 g/mol. The van der Waals surface area contributed by atoms with Crippen molar-refractivity contribution in [1.29, 1.82) is 0 Å². The van der Waals surface area contributed by atoms with Crippen molar-refractivity contribution >= 4 is 69.6 Å². The van der Waals surface area contributed by atoms with Crippen LogP contribution in [-0.4, -0.2) is 65.5 Å². The first-order valence-electron chi connectivity index (χ1n) is 26.0. The molecule has 0 fully saturated rings. The van der Waals surface area contributed by atoms with Gasteiger partial charge in [0.15, 0.2) is 17.2 Å². The normalized spacial score (nSPS) is 13.6. The van der Waals surface area contributed by atoms with Gasteiger partial charge in [0, 0.05) is 24.3 Å². The molecule has 6 amide bonds. The molecule has 0 saturated heterocycles. The maximum absolute atomic E-state index is 13.1. The third kappa shape index (κ3) is 10.4. The molecule has 3 N–H and O–H groups in total. The predicted molar refractivity (Wildman–Crippen MR) is 302 cm³/mol. The van der Waals surface area contributed by atoms with Gasteiger partial charge in [-0.25, -0.2) is 14.7 Å². The highest BCUT2D eigenvalue weighted by Crippen LogP contribution is 2.46. The van der Waals surface area contributed by atoms with Gasteiger partial charge in [-0.3, -0.25) is 59.1 Å². The van der Waals surface area contributed by atoms with E-state index in [2.05, 4.69) is 0 Å². The molecule has 420 valence electrons. The second-order valence-electron chi connectivity index (χ2n) is 21.5. The Morgan fingerprint density at radius 1 is 0.346 bits per heavy atom. The van der Waals surface area contributed by atoms with Crippen molar-refractivity contribution in [3.05, 3.63) is 188 Å². The number of carbonyl (C=O) groups excluding carboxylic acids is 6. The van der Waals surface area contributed by atoms with Crippen LogP contribution in [0.3, 0.4) is 0 Å². The number of hydrogen-bond donors (Lipinski definition) is 3. The number of anilines is 3. The molecule has 3 aliphatic rings. The largest absolute Gasteiger partial charge is 0.502 e. The maximum atomic E-state index is 13.1. The SMILES string of the molecule is CC(C)c1cccc(C(C)C)c1N1C(=O)c2cc(O)c([N+](=O)[O-])cc2C1=O.CC(C)c1cccc(C(C)C)c1N1C(=O)c2cc(O)c([N+](=O)[O-])cc2C1=O.CC(C)c1cccc(C(C)C)c1N1C(=O)c2ccc(O)c([N+](=O)[O-])c2C1=O. The third-order valence-electron chi connectivity index (χ3n) is 14.2. The fraction of sp³-hybridized carbons (Fsp3) is 0.300. The van der Waals surface area contributed by atoms with Gasteiger partial charge in [-0.2, -0.15) is 0 Å². The summed E-state index contributed by atoms with van der Waals surface area (Å²) in [6, 6.07) is 23.1. The number of para-hydroxylation sites is 3. The van der Waals surface area contributed by atoms with Crippen LogP contribution < -0.4 is 14.7 Å². The number of nitrogens with zero attached hydrogens (tertiary/aromatic N) is 6. The van der Waals surface area contributed by atoms with Crippen molar-refractivity contribution in [2.75, 3.05) is 14.7 Å². The lowest BCUT2D eigenvalue weighted by Gasteiger charge is -2.25. The standard InChI is InChI=1S/3C20H20N2O5/c2*1-10(2)12-6-5-7-13(11(3)4)18(12)21-19(24)14-8-16(22(26)27)17(23)9-15(14)20(21)25;1-10(2)12-6-5-7-13(11(3)4)17(12)21-19(24)14-8-9-15(23)18(22(26)27)16(14)20(21)25/h3*5-11,23H,1-4H3. The second kappa shape index (κ2) is 22.6. The van der Waals surface area contributed by atoms with Crippen LogP contribution in [0.25, 0.3) is 0 Å². The van der Waals surface area contributed by atoms with Crippen LogP contribution >= 0.6 is 0 Å². The van der Waals surface area contributed by atoms with E-state index in [1.54, 1.807) is 0 Å². The lowest BCUT2D eigenvalue weighted by molar-refractivity contribution is -0.386. The minimum absolute atomic E-state index is 0.0311. The number of phenols is 3. The van der Waals surface area contributed by atoms with Gasteiger partial charge in [0.25, 0.3) is 35.4 Å². The molecule has 0 saturated carbocycles. The van der Waals surface area contributed by atoms with Crippen LogP contribution in [0.5, 0.6) is 17.2 Å². The van der Waals surface area contributed by atoms with E-state index in [0.717, 1.165) is 78.4 Å². The summed E-state index contributed by atoms with van der Waals surface area (Å²) in [5.41, 5.74) is 3.93. The van der Waals surface area contributed by atoms with E-state index in [9.17, 15) is 74.4 Å². The Morgan fingerprint density at radius 2 is 0.605 bits per heavy atom. The van der Waals surface area contributed by atoms with Crippen molar-refractivity contribution in [1.82, 2.24) is 0 Å². The van der Waals surface area contributed by atoms with E-state index in [1.165, 1.54) is 6.07 Å². The molecule has 0 unspecified atom stereocenters. The molecule has 9 rings (SSSR count). The van der Waals surface area contributed by atoms with E-state index in [-0.39, 0.29) is 68.9 Å². The van der Waals surface area contributed by atoms with E-state index in [1.807, 2.05) is 138 Å². The minimum Gasteiger partial charge on any atom is -0.502 e. The zero-order valence-electron chi connectivity index (χ0n) is 46.5. The smallest absolute Gasteiger partial charge is 0.324 e. The topological polar surface area (TPSA) is 302 Å². The molecule has 21 heteroatoms. The molecule has 21 nitrogen and oxygen atoms in total. The summed E-state index contributed by atoms with van der Waals surface area (Å²) >= 11 is 0. The number of nitro benzene ring substituents is 3. The predicted octanol–water partition coefficient (Wildman–Crippen LogP) is 13.0. The molecule has 81 heavy (non-hydrogen) atoms. The van der Waals surface area contributed by atoms with E-state index < -0.39 is 84.5 Å². The number of amides is 6. The molecule has 0 radical (unpaired) electrons. The Labute approximate surface area is 465 Å². The number of imide groups is 3. The lowest BCUT2D eigenvalue weighted by atomic mass is 9.92. The molecule has 3 heterocycles. The van der Waals surface area contributed by atoms with Crippen LogP contribution in [-0.2, 0) is 0 Å². The highest BCUT2D eigenvalue weighted by atomic mass is 16.6. The summed E-state index contributed by atoms with van der Waals surface area (Å²) < 4.78 is 0. The van der Waals surface area contributed by atoms with Gasteiger partial charge in [0.2, 0.25) is 0 Å². The monoisotopic (exact) mass is 1100 g/mol. The van der Waals surface area contributed by atoms with E-state index in [0.29, 0.717) is 17.1 Å². The lowest BCUT2D eigenvalue weighted by Crippen LogP contribution is -2.32. The van der Waals surface area contributed by atoms with Gasteiger partial charge in [0.05, 0.1) is 59.6 Å². The molecule has 3 aliphatic heterocycles. The fourth-order valence-corrected chi connectivity index (χ4v) is 10.2. The molecule has 0 aliphatic carbocycles. The Balaban J connectivity index is 0.000000175. The summed E-state index contributed by atoms with van der Waals surface area (Å²) in [5.74, 6) is -5.41. The van der Waals surface area contributed by atoms with Gasteiger partial charge in [-0.15, -0.1) is 0 Å². The van der Waals surface area contributed by atoms with Crippen LogP contribution in [0.15, 0.2) is 91.0 Å². The minimum atomic E-state index is -0.833. The summed E-state index contributed by atoms with van der Waals surface area (Å²) in [6.45, 7) is 23.6. The number of benzene rings is 6. The molecule has 0 bridgehead atoms. The van der Waals surface area contributed by atoms with Crippen molar-refractivity contribution < 1.29 is 58.9 Å². The Morgan fingerprint density at radius 3 is 0.864 bits per heavy atom. The quantitative estimate of drug-likeness (QED) is 0.0583. The maximum Gasteiger partial charge on any atom is 0.324 e. The number of rotatable bonds is 12. The van der Waals surface area contributed by atoms with Gasteiger partial charge in [0.1, 0.15) is 5.56 Å². The summed E-state index contributed by atoms with van der Waals surface area (Å²) in [7, 11) is 0. The van der Waals surface area contributed by atoms with Crippen molar-refractivity contribution in [3.8, 4) is 17.2 Å². The molecule has 6 aromatic rings. The van der Waals surface area contributed by atoms with Crippen molar-refractivity contribution in [2.45, 2.75) is 119 Å². The molecule has 6 aromatic carbocycles. The van der Waals surface area contributed by atoms with Crippen LogP contribution in [0.2, 0.25) is 0 Å². The Hall–Kier alpha value is -9.66. The molecule has 0 atom stereocenters. The van der Waals surface area contributed by atoms with Gasteiger partial charge < -0.3 is 15.3 Å². The summed E-state index contributed by atoms with van der Waals surface area (Å²) in [5, 5.41) is 63.2. The van der Waals surface area contributed by atoms with Crippen LogP contribution in [0, 0.1) is 30.3 Å². The van der Waals surface area contributed by atoms with Gasteiger partial charge in [-0.1, -0.05) is 138 Å². The first-order chi connectivity index (χ1) is 38.0. The zero-order valence-corrected chi connectivity index (χ0v) is 46.5. The fourth-order valence-electron chi connectivity index (χ4n) is 10.2. The number of hydrogen-bond acceptors (Lipinski definition) is 15. The highest BCUT2D eigenvalue weighted by Gasteiger charge is 2.46. The molecule has 0 spiro atoms. The first kappa shape index (κ1) is 59.0. The third-order valence-corrected chi connectivity index (χ3v) is 14.2. The molecule has 0 aromatic heterocycles. The summed E-state index contributed by atoms with van der Waals surface area (Å²) in [6.07, 6.45) is 0. The van der Waals surface area contributed by atoms with Crippen LogP contribution in [0.4, 0.5) is 34.1 Å². The first-order valence-corrected chi connectivity index (χ1v) is 26.0. The van der Waals surface area contributed by atoms with Gasteiger partial charge in [-0.05, 0) is 81.0 Å². The van der Waals surface area contributed by atoms with Crippen molar-refractivity contribution in [3.63, 3.8) is 0 Å². The number of fused-ring (bicyclic) bond motifs is 3. The number of aromatic hydroxyl groups is 3. The number of phenolic OH excluding ortho intramolecular Hbond substituents is 3. The number of carbonyl (C=O) groups is 6. The number of nitro groups is 3. The zero-order chi connectivity index (χ0) is 60.1. The summed E-state index contributed by atoms with van der Waals surface area (Å²) in [4.78, 5) is 113. The van der Waals surface area contributed by atoms with Gasteiger partial charge >= 0.3 is 17.1 Å². The molecular formula is C60H60N6O15. The Kier molecular flexibility index (Phi) is 16.5. The average molecular weight is 1110 g/mol. The van der Waals surface area contributed by atoms with E-state index >= 15 is 0 Å². The second-order valence-corrected chi connectivity index (χ2v) is 21.5. The average Bonchev–Trinajstić information content (AvgIpc) is 4.00. The Bertz CT molecular complexity index is 3450.